The Morgan fingerprint density at radius 1 is 1.29 bits per heavy atom. The molecule has 154 valence electrons. The molecule has 0 radical (unpaired) electrons. The van der Waals surface area contributed by atoms with Crippen molar-refractivity contribution in [2.75, 3.05) is 7.11 Å². The summed E-state index contributed by atoms with van der Waals surface area (Å²) in [6.07, 6.45) is -8.27. The van der Waals surface area contributed by atoms with Crippen LogP contribution in [0.4, 0.5) is 18.9 Å². The van der Waals surface area contributed by atoms with Crippen LogP contribution in [0.25, 0.3) is 0 Å². The second-order valence-electron chi connectivity index (χ2n) is 5.99. The van der Waals surface area contributed by atoms with Crippen LogP contribution in [0.5, 0.6) is 0 Å². The first-order valence-electron chi connectivity index (χ1n) is 8.04. The van der Waals surface area contributed by atoms with Gasteiger partial charge in [-0.2, -0.15) is 13.2 Å². The number of alkyl halides is 3. The lowest BCUT2D eigenvalue weighted by atomic mass is 9.99. The number of halogens is 3. The van der Waals surface area contributed by atoms with Crippen LogP contribution in [-0.4, -0.2) is 54.6 Å². The van der Waals surface area contributed by atoms with Gasteiger partial charge in [0, 0.05) is 25.7 Å². The lowest BCUT2D eigenvalue weighted by Gasteiger charge is -2.39. The summed E-state index contributed by atoms with van der Waals surface area (Å²) >= 11 is 0. The van der Waals surface area contributed by atoms with Crippen molar-refractivity contribution in [3.63, 3.8) is 0 Å². The zero-order chi connectivity index (χ0) is 21.1. The van der Waals surface area contributed by atoms with Crippen LogP contribution in [0, 0.1) is 10.1 Å². The lowest BCUT2D eigenvalue weighted by molar-refractivity contribution is -0.384. The standard InChI is InChI=1S/C16H17F3N2O7/c1-8-13(26-2)11(20-15(23)16(17,18)19)7-12(27-8)28-14(22)9-3-5-10(6-4-9)21(24)25/h3-6,8,11-13H,7H2,1-2H3,(H,20,23)/t8-,11+,12?,13-/m0/s1. The molecule has 1 aromatic rings. The van der Waals surface area contributed by atoms with Crippen LogP contribution in [0.2, 0.25) is 0 Å². The third kappa shape index (κ3) is 5.16. The molecule has 1 heterocycles. The SMILES string of the molecule is CO[C@H]1[C@H](C)OC(OC(=O)c2ccc([N+](=O)[O-])cc2)C[C@H]1NC(=O)C(F)(F)F. The summed E-state index contributed by atoms with van der Waals surface area (Å²) in [5.74, 6) is -3.03. The minimum atomic E-state index is -5.08. The Bertz CT molecular complexity index is 739. The van der Waals surface area contributed by atoms with Crippen LogP contribution in [0.3, 0.4) is 0 Å². The number of carbonyl (C=O) groups excluding carboxylic acids is 2. The Labute approximate surface area is 156 Å². The Hall–Kier alpha value is -2.73. The topological polar surface area (TPSA) is 117 Å². The molecule has 1 unspecified atom stereocenters. The van der Waals surface area contributed by atoms with E-state index in [1.54, 1.807) is 0 Å². The molecule has 12 heteroatoms. The molecule has 1 N–H and O–H groups in total. The fourth-order valence-electron chi connectivity index (χ4n) is 2.77. The second kappa shape index (κ2) is 8.52. The maximum atomic E-state index is 12.5. The summed E-state index contributed by atoms with van der Waals surface area (Å²) in [7, 11) is 1.25. The predicted octanol–water partition coefficient (Wildman–Crippen LogP) is 1.95. The Morgan fingerprint density at radius 2 is 1.89 bits per heavy atom. The molecule has 0 aliphatic carbocycles. The number of ether oxygens (including phenoxy) is 3. The van der Waals surface area contributed by atoms with Gasteiger partial charge >= 0.3 is 18.1 Å². The van der Waals surface area contributed by atoms with E-state index < -0.39 is 47.5 Å². The molecule has 4 atom stereocenters. The highest BCUT2D eigenvalue weighted by Crippen LogP contribution is 2.26. The zero-order valence-corrected chi connectivity index (χ0v) is 14.8. The first-order chi connectivity index (χ1) is 13.0. The number of nitro groups is 1. The van der Waals surface area contributed by atoms with Gasteiger partial charge in [0.05, 0.1) is 22.6 Å². The third-order valence-corrected chi connectivity index (χ3v) is 4.07. The average Bonchev–Trinajstić information content (AvgIpc) is 2.60. The fourth-order valence-corrected chi connectivity index (χ4v) is 2.77. The third-order valence-electron chi connectivity index (χ3n) is 4.07. The van der Waals surface area contributed by atoms with E-state index in [1.807, 2.05) is 5.32 Å². The summed E-state index contributed by atoms with van der Waals surface area (Å²) in [6, 6.07) is 3.45. The molecule has 1 aliphatic rings. The second-order valence-corrected chi connectivity index (χ2v) is 5.99. The van der Waals surface area contributed by atoms with Gasteiger partial charge in [-0.15, -0.1) is 0 Å². The number of nitro benzene ring substituents is 1. The summed E-state index contributed by atoms with van der Waals surface area (Å²) in [5.41, 5.74) is -0.233. The molecule has 1 fully saturated rings. The lowest BCUT2D eigenvalue weighted by Crippen LogP contribution is -2.58. The monoisotopic (exact) mass is 406 g/mol. The average molecular weight is 406 g/mol. The summed E-state index contributed by atoms with van der Waals surface area (Å²) < 4.78 is 53.2. The molecule has 1 aliphatic heterocycles. The highest BCUT2D eigenvalue weighted by atomic mass is 19.4. The van der Waals surface area contributed by atoms with E-state index in [4.69, 9.17) is 14.2 Å². The van der Waals surface area contributed by atoms with Crippen LogP contribution in [-0.2, 0) is 19.0 Å². The summed E-state index contributed by atoms with van der Waals surface area (Å²) in [5, 5.41) is 12.4. The maximum absolute atomic E-state index is 12.5. The van der Waals surface area contributed by atoms with Gasteiger partial charge < -0.3 is 19.5 Å². The van der Waals surface area contributed by atoms with E-state index in [1.165, 1.54) is 26.2 Å². The van der Waals surface area contributed by atoms with E-state index in [2.05, 4.69) is 0 Å². The van der Waals surface area contributed by atoms with Gasteiger partial charge in [0.1, 0.15) is 6.10 Å². The van der Waals surface area contributed by atoms with Crippen molar-refractivity contribution in [2.45, 2.75) is 44.1 Å². The molecule has 0 bridgehead atoms. The van der Waals surface area contributed by atoms with E-state index in [9.17, 15) is 32.9 Å². The van der Waals surface area contributed by atoms with Crippen molar-refractivity contribution in [1.29, 1.82) is 0 Å². The number of benzene rings is 1. The first-order valence-corrected chi connectivity index (χ1v) is 8.04. The molecular weight excluding hydrogens is 389 g/mol. The largest absolute Gasteiger partial charge is 0.471 e. The number of nitrogens with one attached hydrogen (secondary N) is 1. The number of carbonyl (C=O) groups is 2. The number of rotatable bonds is 5. The van der Waals surface area contributed by atoms with Gasteiger partial charge in [0.25, 0.3) is 5.69 Å². The minimum Gasteiger partial charge on any atom is -0.432 e. The summed E-state index contributed by atoms with van der Waals surface area (Å²) in [6.45, 7) is 1.49. The Morgan fingerprint density at radius 3 is 2.39 bits per heavy atom. The van der Waals surface area contributed by atoms with Crippen molar-refractivity contribution in [3.05, 3.63) is 39.9 Å². The quantitative estimate of drug-likeness (QED) is 0.451. The van der Waals surface area contributed by atoms with E-state index >= 15 is 0 Å². The molecule has 2 rings (SSSR count). The molecule has 0 spiro atoms. The number of nitrogens with zero attached hydrogens (tertiary/aromatic N) is 1. The normalized spacial score (nSPS) is 25.0. The number of non-ortho nitro benzene ring substituents is 1. The van der Waals surface area contributed by atoms with E-state index in [0.29, 0.717) is 0 Å². The van der Waals surface area contributed by atoms with Crippen LogP contribution in [0.1, 0.15) is 23.7 Å². The molecular formula is C16H17F3N2O7. The number of methoxy groups -OCH3 is 1. The molecule has 28 heavy (non-hydrogen) atoms. The Balaban J connectivity index is 2.07. The molecule has 1 aromatic carbocycles. The smallest absolute Gasteiger partial charge is 0.432 e. The highest BCUT2D eigenvalue weighted by molar-refractivity contribution is 5.89. The zero-order valence-electron chi connectivity index (χ0n) is 14.8. The first kappa shape index (κ1) is 21.6. The van der Waals surface area contributed by atoms with Gasteiger partial charge in [0.15, 0.2) is 0 Å². The molecule has 1 saturated heterocycles. The molecule has 0 aromatic heterocycles. The summed E-state index contributed by atoms with van der Waals surface area (Å²) in [4.78, 5) is 33.4. The van der Waals surface area contributed by atoms with Crippen LogP contribution < -0.4 is 5.32 Å². The van der Waals surface area contributed by atoms with Crippen molar-refractivity contribution in [3.8, 4) is 0 Å². The van der Waals surface area contributed by atoms with Crippen LogP contribution >= 0.6 is 0 Å². The minimum absolute atomic E-state index is 0.00778. The van der Waals surface area contributed by atoms with Gasteiger partial charge in [-0.1, -0.05) is 0 Å². The number of hydrogen-bond donors (Lipinski definition) is 1. The number of amides is 1. The van der Waals surface area contributed by atoms with E-state index in [0.717, 1.165) is 12.1 Å². The van der Waals surface area contributed by atoms with Crippen molar-refractivity contribution in [2.24, 2.45) is 0 Å². The molecule has 0 saturated carbocycles. The maximum Gasteiger partial charge on any atom is 0.471 e. The van der Waals surface area contributed by atoms with Gasteiger partial charge in [-0.05, 0) is 19.1 Å². The van der Waals surface area contributed by atoms with Crippen LogP contribution in [0.15, 0.2) is 24.3 Å². The fraction of sp³-hybridized carbons (Fsp3) is 0.500. The van der Waals surface area contributed by atoms with E-state index in [-0.39, 0.29) is 17.7 Å². The highest BCUT2D eigenvalue weighted by Gasteiger charge is 2.45. The predicted molar refractivity (Wildman–Crippen MR) is 86.2 cm³/mol. The molecule has 1 amide bonds. The number of hydrogen-bond acceptors (Lipinski definition) is 7. The van der Waals surface area contributed by atoms with Crippen molar-refractivity contribution in [1.82, 2.24) is 5.32 Å². The van der Waals surface area contributed by atoms with Gasteiger partial charge in [-0.25, -0.2) is 4.79 Å². The van der Waals surface area contributed by atoms with Gasteiger partial charge in [0.2, 0.25) is 6.29 Å². The number of esters is 1. The molecule has 9 nitrogen and oxygen atoms in total. The van der Waals surface area contributed by atoms with Crippen molar-refractivity contribution >= 4 is 17.6 Å². The van der Waals surface area contributed by atoms with Crippen molar-refractivity contribution < 1.29 is 41.9 Å². The Kier molecular flexibility index (Phi) is 6.56. The van der Waals surface area contributed by atoms with Gasteiger partial charge in [-0.3, -0.25) is 14.9 Å².